The molecule has 4 aromatic rings. The Bertz CT molecular complexity index is 1080. The van der Waals surface area contributed by atoms with E-state index in [4.69, 9.17) is 4.98 Å². The van der Waals surface area contributed by atoms with Gasteiger partial charge in [-0.2, -0.15) is 0 Å². The molecule has 5 heteroatoms. The number of carbonyl (C=O) groups excluding carboxylic acids is 1. The molecule has 0 saturated heterocycles. The van der Waals surface area contributed by atoms with Crippen LogP contribution in [-0.2, 0) is 13.5 Å². The molecular weight excluding hydrogens is 342 g/mol. The van der Waals surface area contributed by atoms with Crippen molar-refractivity contribution in [3.8, 4) is 11.4 Å². The molecule has 0 aliphatic heterocycles. The number of carbonyl (C=O) groups is 1. The molecule has 0 spiro atoms. The largest absolute Gasteiger partial charge is 0.327 e. The Morgan fingerprint density at radius 3 is 2.62 bits per heavy atom. The number of thiophene rings is 1. The van der Waals surface area contributed by atoms with E-state index >= 15 is 0 Å². The maximum absolute atomic E-state index is 12.5. The molecule has 1 N–H and O–H groups in total. The molecule has 26 heavy (non-hydrogen) atoms. The van der Waals surface area contributed by atoms with Crippen LogP contribution < -0.4 is 5.32 Å². The summed E-state index contributed by atoms with van der Waals surface area (Å²) in [6, 6.07) is 17.9. The summed E-state index contributed by atoms with van der Waals surface area (Å²) < 4.78 is 2.09. The summed E-state index contributed by atoms with van der Waals surface area (Å²) in [5, 5.41) is 4.94. The van der Waals surface area contributed by atoms with Crippen molar-refractivity contribution < 1.29 is 4.79 Å². The SMILES string of the molecule is CCc1ccsc1C(=O)Nc1ccc(-c2nc3ccccc3n2C)cc1. The lowest BCUT2D eigenvalue weighted by atomic mass is 10.1. The van der Waals surface area contributed by atoms with E-state index in [1.54, 1.807) is 0 Å². The van der Waals surface area contributed by atoms with Gasteiger partial charge in [-0.1, -0.05) is 19.1 Å². The van der Waals surface area contributed by atoms with Gasteiger partial charge in [-0.3, -0.25) is 4.79 Å². The van der Waals surface area contributed by atoms with Crippen LogP contribution in [0, 0.1) is 0 Å². The Labute approximate surface area is 156 Å². The maximum atomic E-state index is 12.5. The molecule has 0 radical (unpaired) electrons. The van der Waals surface area contributed by atoms with E-state index in [2.05, 4.69) is 22.9 Å². The zero-order valence-electron chi connectivity index (χ0n) is 14.7. The molecule has 0 fully saturated rings. The zero-order valence-corrected chi connectivity index (χ0v) is 15.5. The Hall–Kier alpha value is -2.92. The molecule has 4 nitrogen and oxygen atoms in total. The van der Waals surface area contributed by atoms with E-state index < -0.39 is 0 Å². The maximum Gasteiger partial charge on any atom is 0.266 e. The summed E-state index contributed by atoms with van der Waals surface area (Å²) in [4.78, 5) is 18.0. The number of amides is 1. The fourth-order valence-electron chi connectivity index (χ4n) is 3.11. The van der Waals surface area contributed by atoms with Gasteiger partial charge in [0.2, 0.25) is 0 Å². The number of nitrogens with zero attached hydrogens (tertiary/aromatic N) is 2. The summed E-state index contributed by atoms with van der Waals surface area (Å²) in [7, 11) is 2.02. The molecule has 0 aliphatic carbocycles. The number of aromatic nitrogens is 2. The number of anilines is 1. The van der Waals surface area contributed by atoms with Gasteiger partial charge in [-0.05, 0) is 59.8 Å². The Kier molecular flexibility index (Phi) is 4.31. The second-order valence-electron chi connectivity index (χ2n) is 6.14. The number of fused-ring (bicyclic) bond motifs is 1. The minimum Gasteiger partial charge on any atom is -0.327 e. The Morgan fingerprint density at radius 1 is 1.12 bits per heavy atom. The Balaban J connectivity index is 1.58. The van der Waals surface area contributed by atoms with Gasteiger partial charge in [0, 0.05) is 18.3 Å². The molecule has 2 aromatic carbocycles. The van der Waals surface area contributed by atoms with Crippen LogP contribution in [-0.4, -0.2) is 15.5 Å². The summed E-state index contributed by atoms with van der Waals surface area (Å²) in [6.07, 6.45) is 0.859. The molecule has 0 saturated carbocycles. The predicted octanol–water partition coefficient (Wildman–Crippen LogP) is 5.12. The number of rotatable bonds is 4. The van der Waals surface area contributed by atoms with Crippen molar-refractivity contribution in [3.63, 3.8) is 0 Å². The van der Waals surface area contributed by atoms with Crippen LogP contribution in [0.3, 0.4) is 0 Å². The van der Waals surface area contributed by atoms with Gasteiger partial charge < -0.3 is 9.88 Å². The van der Waals surface area contributed by atoms with E-state index in [-0.39, 0.29) is 5.91 Å². The molecule has 4 rings (SSSR count). The van der Waals surface area contributed by atoms with E-state index in [0.29, 0.717) is 0 Å². The van der Waals surface area contributed by atoms with Gasteiger partial charge in [-0.25, -0.2) is 4.98 Å². The van der Waals surface area contributed by atoms with Crippen molar-refractivity contribution in [2.24, 2.45) is 7.05 Å². The van der Waals surface area contributed by atoms with E-state index in [1.807, 2.05) is 61.0 Å². The molecule has 2 heterocycles. The molecular formula is C21H19N3OS. The van der Waals surface area contributed by atoms with Crippen molar-refractivity contribution in [2.45, 2.75) is 13.3 Å². The zero-order chi connectivity index (χ0) is 18.1. The van der Waals surface area contributed by atoms with Gasteiger partial charge in [0.25, 0.3) is 5.91 Å². The fourth-order valence-corrected chi connectivity index (χ4v) is 4.00. The summed E-state index contributed by atoms with van der Waals surface area (Å²) in [5.41, 5.74) is 4.97. The summed E-state index contributed by atoms with van der Waals surface area (Å²) >= 11 is 1.48. The second kappa shape index (κ2) is 6.77. The number of hydrogen-bond acceptors (Lipinski definition) is 3. The third-order valence-corrected chi connectivity index (χ3v) is 5.48. The number of aryl methyl sites for hydroxylation is 2. The molecule has 0 unspecified atom stereocenters. The second-order valence-corrected chi connectivity index (χ2v) is 7.06. The van der Waals surface area contributed by atoms with Crippen LogP contribution in [0.2, 0.25) is 0 Å². The minimum atomic E-state index is -0.0488. The van der Waals surface area contributed by atoms with Crippen LogP contribution in [0.4, 0.5) is 5.69 Å². The smallest absolute Gasteiger partial charge is 0.266 e. The van der Waals surface area contributed by atoms with Crippen molar-refractivity contribution in [2.75, 3.05) is 5.32 Å². The standard InChI is InChI=1S/C21H19N3OS/c1-3-14-12-13-26-19(14)21(25)22-16-10-8-15(9-11-16)20-23-17-6-4-5-7-18(17)24(20)2/h4-13H,3H2,1-2H3,(H,22,25). The van der Waals surface area contributed by atoms with E-state index in [9.17, 15) is 4.79 Å². The highest BCUT2D eigenvalue weighted by atomic mass is 32.1. The molecule has 0 atom stereocenters. The molecule has 0 aliphatic rings. The van der Waals surface area contributed by atoms with E-state index in [0.717, 1.165) is 45.0 Å². The van der Waals surface area contributed by atoms with Crippen LogP contribution in [0.15, 0.2) is 60.0 Å². The number of para-hydroxylation sites is 2. The van der Waals surface area contributed by atoms with Gasteiger partial charge in [0.1, 0.15) is 5.82 Å². The lowest BCUT2D eigenvalue weighted by Gasteiger charge is -2.07. The fraction of sp³-hybridized carbons (Fsp3) is 0.143. The molecule has 1 amide bonds. The van der Waals surface area contributed by atoms with Gasteiger partial charge in [0.05, 0.1) is 15.9 Å². The number of benzene rings is 2. The average molecular weight is 361 g/mol. The highest BCUT2D eigenvalue weighted by molar-refractivity contribution is 7.12. The first-order chi connectivity index (χ1) is 12.7. The summed E-state index contributed by atoms with van der Waals surface area (Å²) in [6.45, 7) is 2.06. The van der Waals surface area contributed by atoms with Crippen LogP contribution >= 0.6 is 11.3 Å². The summed E-state index contributed by atoms with van der Waals surface area (Å²) in [5.74, 6) is 0.864. The van der Waals surface area contributed by atoms with Gasteiger partial charge in [0.15, 0.2) is 0 Å². The van der Waals surface area contributed by atoms with Crippen molar-refractivity contribution in [1.82, 2.24) is 9.55 Å². The Morgan fingerprint density at radius 2 is 1.88 bits per heavy atom. The first kappa shape index (κ1) is 16.5. The predicted molar refractivity (Wildman–Crippen MR) is 108 cm³/mol. The normalized spacial score (nSPS) is 11.0. The molecule has 0 bridgehead atoms. The lowest BCUT2D eigenvalue weighted by molar-refractivity contribution is 0.103. The highest BCUT2D eigenvalue weighted by Crippen LogP contribution is 2.25. The molecule has 130 valence electrons. The number of nitrogens with one attached hydrogen (secondary N) is 1. The molecule has 2 aromatic heterocycles. The number of imidazole rings is 1. The lowest BCUT2D eigenvalue weighted by Crippen LogP contribution is -2.11. The van der Waals surface area contributed by atoms with Crippen molar-refractivity contribution in [3.05, 3.63) is 70.4 Å². The first-order valence-corrected chi connectivity index (χ1v) is 9.45. The third kappa shape index (κ3) is 2.91. The monoisotopic (exact) mass is 361 g/mol. The highest BCUT2D eigenvalue weighted by Gasteiger charge is 2.13. The van der Waals surface area contributed by atoms with E-state index in [1.165, 1.54) is 11.3 Å². The van der Waals surface area contributed by atoms with Gasteiger partial charge in [-0.15, -0.1) is 11.3 Å². The average Bonchev–Trinajstić information content (AvgIpc) is 3.27. The topological polar surface area (TPSA) is 46.9 Å². The van der Waals surface area contributed by atoms with Crippen LogP contribution in [0.1, 0.15) is 22.2 Å². The van der Waals surface area contributed by atoms with Crippen molar-refractivity contribution in [1.29, 1.82) is 0 Å². The quantitative estimate of drug-likeness (QED) is 0.548. The van der Waals surface area contributed by atoms with Crippen LogP contribution in [0.25, 0.3) is 22.4 Å². The number of hydrogen-bond donors (Lipinski definition) is 1. The van der Waals surface area contributed by atoms with Crippen LogP contribution in [0.5, 0.6) is 0 Å². The van der Waals surface area contributed by atoms with Crippen molar-refractivity contribution >= 4 is 34.0 Å². The minimum absolute atomic E-state index is 0.0488. The first-order valence-electron chi connectivity index (χ1n) is 8.57. The van der Waals surface area contributed by atoms with Gasteiger partial charge >= 0.3 is 0 Å². The third-order valence-electron chi connectivity index (χ3n) is 4.52.